The molecule has 1 N–H and O–H groups in total. The first-order valence-electron chi connectivity index (χ1n) is 4.68. The first-order valence-corrected chi connectivity index (χ1v) is 4.68. The van der Waals surface area contributed by atoms with Crippen molar-refractivity contribution in [3.8, 4) is 0 Å². The zero-order valence-electron chi connectivity index (χ0n) is 7.94. The fraction of sp³-hybridized carbons (Fsp3) is 0.800. The molecule has 0 unspecified atom stereocenters. The van der Waals surface area contributed by atoms with Gasteiger partial charge in [-0.15, -0.1) is 6.58 Å². The van der Waals surface area contributed by atoms with Gasteiger partial charge in [0.1, 0.15) is 0 Å². The van der Waals surface area contributed by atoms with Gasteiger partial charge < -0.3 is 10.1 Å². The minimum absolute atomic E-state index is 0.616. The maximum atomic E-state index is 5.19. The van der Waals surface area contributed by atoms with Crippen LogP contribution < -0.4 is 5.32 Å². The predicted molar refractivity (Wildman–Crippen MR) is 51.2 cm³/mol. The van der Waals surface area contributed by atoms with E-state index < -0.39 is 0 Å². The number of rotatable bonds is 0. The second kappa shape index (κ2) is 4.63. The van der Waals surface area contributed by atoms with Crippen LogP contribution >= 0.6 is 0 Å². The van der Waals surface area contributed by atoms with Gasteiger partial charge in [0.05, 0.1) is 13.2 Å². The Kier molecular flexibility index (Phi) is 3.76. The summed E-state index contributed by atoms with van der Waals surface area (Å²) in [7, 11) is 0. The molecule has 12 heavy (non-hydrogen) atoms. The van der Waals surface area contributed by atoms with Crippen LogP contribution in [0.5, 0.6) is 0 Å². The molecule has 70 valence electrons. The number of nitrogens with one attached hydrogen (secondary N) is 1. The number of ether oxygens (including phenoxy) is 1. The molecule has 1 spiro atoms. The molecule has 0 bridgehead atoms. The Morgan fingerprint density at radius 3 is 2.08 bits per heavy atom. The van der Waals surface area contributed by atoms with Gasteiger partial charge >= 0.3 is 0 Å². The Morgan fingerprint density at radius 1 is 1.33 bits per heavy atom. The summed E-state index contributed by atoms with van der Waals surface area (Å²) in [6.45, 7) is 9.69. The third-order valence-corrected chi connectivity index (χ3v) is 2.48. The maximum Gasteiger partial charge on any atom is 0.0545 e. The zero-order valence-corrected chi connectivity index (χ0v) is 7.94. The van der Waals surface area contributed by atoms with Crippen LogP contribution in [0.25, 0.3) is 0 Å². The lowest BCUT2D eigenvalue weighted by Gasteiger charge is -2.44. The van der Waals surface area contributed by atoms with Crippen molar-refractivity contribution in [2.75, 3.05) is 26.3 Å². The number of hydrogen-bond acceptors (Lipinski definition) is 2. The second-order valence-corrected chi connectivity index (χ2v) is 3.65. The van der Waals surface area contributed by atoms with Gasteiger partial charge in [-0.2, -0.15) is 0 Å². The minimum Gasteiger partial charge on any atom is -0.380 e. The van der Waals surface area contributed by atoms with E-state index in [9.17, 15) is 0 Å². The Morgan fingerprint density at radius 2 is 1.83 bits per heavy atom. The van der Waals surface area contributed by atoms with Crippen LogP contribution in [-0.2, 0) is 4.74 Å². The van der Waals surface area contributed by atoms with Gasteiger partial charge in [-0.25, -0.2) is 0 Å². The highest BCUT2D eigenvalue weighted by Gasteiger charge is 2.38. The van der Waals surface area contributed by atoms with Crippen LogP contribution in [0.1, 0.15) is 19.8 Å². The van der Waals surface area contributed by atoms with E-state index in [0.717, 1.165) is 13.2 Å². The van der Waals surface area contributed by atoms with E-state index in [-0.39, 0.29) is 0 Å². The summed E-state index contributed by atoms with van der Waals surface area (Å²) in [5.74, 6) is 0. The van der Waals surface area contributed by atoms with E-state index >= 15 is 0 Å². The summed E-state index contributed by atoms with van der Waals surface area (Å²) in [5.41, 5.74) is 0.616. The Bertz CT molecular complexity index is 133. The molecule has 0 amide bonds. The van der Waals surface area contributed by atoms with Gasteiger partial charge in [-0.1, -0.05) is 6.08 Å². The molecular formula is C10H19NO. The quantitative estimate of drug-likeness (QED) is 0.556. The lowest BCUT2D eigenvalue weighted by molar-refractivity contribution is -0.127. The van der Waals surface area contributed by atoms with Gasteiger partial charge in [0.15, 0.2) is 0 Å². The van der Waals surface area contributed by atoms with Gasteiger partial charge in [0.2, 0.25) is 0 Å². The molecule has 2 aliphatic heterocycles. The zero-order chi connectivity index (χ0) is 8.86. The average molecular weight is 169 g/mol. The molecule has 2 heterocycles. The molecule has 2 heteroatoms. The highest BCUT2D eigenvalue weighted by molar-refractivity contribution is 4.89. The maximum absolute atomic E-state index is 5.19. The van der Waals surface area contributed by atoms with Crippen molar-refractivity contribution in [2.24, 2.45) is 5.41 Å². The predicted octanol–water partition coefficient (Wildman–Crippen LogP) is 1.58. The van der Waals surface area contributed by atoms with E-state index in [1.807, 2.05) is 6.92 Å². The normalized spacial score (nSPS) is 25.1. The lowest BCUT2D eigenvalue weighted by atomic mass is 9.77. The fourth-order valence-corrected chi connectivity index (χ4v) is 1.64. The van der Waals surface area contributed by atoms with Crippen molar-refractivity contribution in [3.05, 3.63) is 12.7 Å². The first kappa shape index (κ1) is 9.75. The van der Waals surface area contributed by atoms with Crippen molar-refractivity contribution in [2.45, 2.75) is 19.8 Å². The highest BCUT2D eigenvalue weighted by Crippen LogP contribution is 2.35. The third kappa shape index (κ3) is 2.32. The molecule has 2 saturated heterocycles. The molecule has 0 aliphatic carbocycles. The average Bonchev–Trinajstić information content (AvgIpc) is 2.05. The van der Waals surface area contributed by atoms with Gasteiger partial charge in [-0.3, -0.25) is 0 Å². The third-order valence-electron chi connectivity index (χ3n) is 2.48. The monoisotopic (exact) mass is 169 g/mol. The van der Waals surface area contributed by atoms with E-state index in [1.54, 1.807) is 6.08 Å². The second-order valence-electron chi connectivity index (χ2n) is 3.65. The van der Waals surface area contributed by atoms with Crippen LogP contribution in [0.15, 0.2) is 12.7 Å². The molecule has 0 aromatic carbocycles. The number of allylic oxidation sites excluding steroid dienone is 1. The largest absolute Gasteiger partial charge is 0.380 e. The van der Waals surface area contributed by atoms with Crippen LogP contribution in [0, 0.1) is 5.41 Å². The highest BCUT2D eigenvalue weighted by atomic mass is 16.5. The summed E-state index contributed by atoms with van der Waals surface area (Å²) in [6.07, 6.45) is 4.40. The molecular weight excluding hydrogens is 150 g/mol. The van der Waals surface area contributed by atoms with Crippen molar-refractivity contribution < 1.29 is 4.74 Å². The molecule has 2 aliphatic rings. The van der Waals surface area contributed by atoms with Crippen LogP contribution in [0.2, 0.25) is 0 Å². The molecule has 0 aromatic rings. The van der Waals surface area contributed by atoms with Crippen LogP contribution in [0.4, 0.5) is 0 Å². The van der Waals surface area contributed by atoms with Crippen molar-refractivity contribution >= 4 is 0 Å². The summed E-state index contributed by atoms with van der Waals surface area (Å²) < 4.78 is 5.19. The molecule has 2 rings (SSSR count). The molecule has 0 atom stereocenters. The van der Waals surface area contributed by atoms with Crippen molar-refractivity contribution in [1.29, 1.82) is 0 Å². The summed E-state index contributed by atoms with van der Waals surface area (Å²) in [6, 6.07) is 0. The standard InChI is InChI=1S/C7H13NO.C3H6/c1-3-8-4-2-7(1)5-9-6-7;1-3-2/h8H,1-6H2;3H,1H2,2H3. The van der Waals surface area contributed by atoms with E-state index in [1.165, 1.54) is 25.9 Å². The molecule has 0 radical (unpaired) electrons. The first-order chi connectivity index (χ1) is 5.83. The smallest absolute Gasteiger partial charge is 0.0545 e. The van der Waals surface area contributed by atoms with Crippen LogP contribution in [0.3, 0.4) is 0 Å². The van der Waals surface area contributed by atoms with Crippen molar-refractivity contribution in [1.82, 2.24) is 5.32 Å². The van der Waals surface area contributed by atoms with Gasteiger partial charge in [0.25, 0.3) is 0 Å². The number of hydrogen-bond donors (Lipinski definition) is 1. The van der Waals surface area contributed by atoms with E-state index in [4.69, 9.17) is 4.74 Å². The Hall–Kier alpha value is -0.340. The Balaban J connectivity index is 0.000000213. The fourth-order valence-electron chi connectivity index (χ4n) is 1.64. The molecule has 0 saturated carbocycles. The van der Waals surface area contributed by atoms with Gasteiger partial charge in [-0.05, 0) is 32.9 Å². The summed E-state index contributed by atoms with van der Waals surface area (Å²) in [4.78, 5) is 0. The summed E-state index contributed by atoms with van der Waals surface area (Å²) >= 11 is 0. The molecule has 0 aromatic heterocycles. The lowest BCUT2D eigenvalue weighted by Crippen LogP contribution is -2.49. The topological polar surface area (TPSA) is 21.3 Å². The summed E-state index contributed by atoms with van der Waals surface area (Å²) in [5, 5.41) is 3.35. The SMILES string of the molecule is C1CC2(CCN1)COC2.C=CC. The molecule has 2 fully saturated rings. The van der Waals surface area contributed by atoms with E-state index in [2.05, 4.69) is 11.9 Å². The van der Waals surface area contributed by atoms with E-state index in [0.29, 0.717) is 5.41 Å². The number of piperidine rings is 1. The molecule has 2 nitrogen and oxygen atoms in total. The van der Waals surface area contributed by atoms with Crippen molar-refractivity contribution in [3.63, 3.8) is 0 Å². The van der Waals surface area contributed by atoms with Crippen LogP contribution in [-0.4, -0.2) is 26.3 Å². The minimum atomic E-state index is 0.616. The van der Waals surface area contributed by atoms with Gasteiger partial charge in [0, 0.05) is 5.41 Å². The Labute approximate surface area is 75.0 Å².